The summed E-state index contributed by atoms with van der Waals surface area (Å²) in [5.41, 5.74) is 2.69. The first-order valence-corrected chi connectivity index (χ1v) is 8.15. The normalized spacial score (nSPS) is 15.9. The van der Waals surface area contributed by atoms with Crippen molar-refractivity contribution in [2.45, 2.75) is 18.9 Å². The zero-order chi connectivity index (χ0) is 15.6. The van der Waals surface area contributed by atoms with Crippen LogP contribution < -0.4 is 10.1 Å². The van der Waals surface area contributed by atoms with Gasteiger partial charge in [0.25, 0.3) is 0 Å². The topological polar surface area (TPSA) is 51.5 Å². The summed E-state index contributed by atoms with van der Waals surface area (Å²) in [4.78, 5) is 4.37. The number of aromatic nitrogens is 3. The second-order valence-corrected chi connectivity index (χ2v) is 6.05. The summed E-state index contributed by atoms with van der Waals surface area (Å²) in [6.45, 7) is 2.03. The number of benzene rings is 1. The smallest absolute Gasteiger partial charge is 0.154 e. The quantitative estimate of drug-likeness (QED) is 0.802. The van der Waals surface area contributed by atoms with Crippen LogP contribution in [0.3, 0.4) is 0 Å². The van der Waals surface area contributed by atoms with Gasteiger partial charge in [-0.15, -0.1) is 0 Å². The number of hydrogen-bond acceptors (Lipinski definition) is 4. The van der Waals surface area contributed by atoms with Gasteiger partial charge in [-0.3, -0.25) is 0 Å². The van der Waals surface area contributed by atoms with Gasteiger partial charge in [-0.05, 0) is 50.2 Å². The summed E-state index contributed by atoms with van der Waals surface area (Å²) in [5, 5.41) is 8.12. The Balaban J connectivity index is 1.65. The van der Waals surface area contributed by atoms with Crippen LogP contribution in [0.4, 0.5) is 0 Å². The molecule has 1 aliphatic heterocycles. The highest BCUT2D eigenvalue weighted by Gasteiger charge is 2.15. The number of nitrogens with one attached hydrogen (secondary N) is 1. The molecule has 1 aromatic carbocycles. The molecule has 23 heavy (non-hydrogen) atoms. The Morgan fingerprint density at radius 1 is 1.17 bits per heavy atom. The molecule has 0 amide bonds. The molecular formula is C17H17ClN4O. The van der Waals surface area contributed by atoms with E-state index in [1.807, 2.05) is 36.5 Å². The van der Waals surface area contributed by atoms with Gasteiger partial charge >= 0.3 is 0 Å². The summed E-state index contributed by atoms with van der Waals surface area (Å²) in [5.74, 6) is 0.881. The maximum atomic E-state index is 6.11. The Kier molecular flexibility index (Phi) is 3.89. The largest absolute Gasteiger partial charge is 0.490 e. The van der Waals surface area contributed by atoms with Crippen LogP contribution in [0.5, 0.6) is 5.75 Å². The van der Waals surface area contributed by atoms with E-state index in [9.17, 15) is 0 Å². The van der Waals surface area contributed by atoms with Crippen LogP contribution in [-0.2, 0) is 0 Å². The Labute approximate surface area is 139 Å². The summed E-state index contributed by atoms with van der Waals surface area (Å²) in [7, 11) is 0. The zero-order valence-corrected chi connectivity index (χ0v) is 13.3. The van der Waals surface area contributed by atoms with E-state index >= 15 is 0 Å². The van der Waals surface area contributed by atoms with Crippen molar-refractivity contribution in [2.75, 3.05) is 13.1 Å². The number of halogens is 1. The minimum atomic E-state index is 0.279. The fraction of sp³-hybridized carbons (Fsp3) is 0.294. The Morgan fingerprint density at radius 3 is 2.91 bits per heavy atom. The van der Waals surface area contributed by atoms with Gasteiger partial charge in [0.2, 0.25) is 0 Å². The molecule has 4 rings (SSSR count). The third-order valence-electron chi connectivity index (χ3n) is 4.05. The summed E-state index contributed by atoms with van der Waals surface area (Å²) in [6, 6.07) is 11.7. The van der Waals surface area contributed by atoms with Gasteiger partial charge in [-0.1, -0.05) is 23.7 Å². The number of piperidine rings is 1. The maximum absolute atomic E-state index is 6.11. The van der Waals surface area contributed by atoms with Crippen LogP contribution in [0.15, 0.2) is 42.6 Å². The highest BCUT2D eigenvalue weighted by molar-refractivity contribution is 6.29. The summed E-state index contributed by atoms with van der Waals surface area (Å²) < 4.78 is 7.87. The van der Waals surface area contributed by atoms with Gasteiger partial charge in [0.15, 0.2) is 5.65 Å². The molecule has 0 bridgehead atoms. The molecule has 1 fully saturated rings. The lowest BCUT2D eigenvalue weighted by molar-refractivity contribution is 0.162. The minimum Gasteiger partial charge on any atom is -0.490 e. The second kappa shape index (κ2) is 6.18. The van der Waals surface area contributed by atoms with Crippen LogP contribution in [-0.4, -0.2) is 33.8 Å². The van der Waals surface area contributed by atoms with Gasteiger partial charge in [0.1, 0.15) is 17.0 Å². The molecule has 1 saturated heterocycles. The van der Waals surface area contributed by atoms with Crippen LogP contribution in [0.2, 0.25) is 5.15 Å². The summed E-state index contributed by atoms with van der Waals surface area (Å²) >= 11 is 6.00. The maximum Gasteiger partial charge on any atom is 0.154 e. The fourth-order valence-corrected chi connectivity index (χ4v) is 3.02. The van der Waals surface area contributed by atoms with E-state index in [1.54, 1.807) is 10.6 Å². The lowest BCUT2D eigenvalue weighted by Crippen LogP contribution is -2.34. The van der Waals surface area contributed by atoms with Crippen molar-refractivity contribution in [3.05, 3.63) is 47.7 Å². The third kappa shape index (κ3) is 3.02. The Morgan fingerprint density at radius 2 is 2.04 bits per heavy atom. The van der Waals surface area contributed by atoms with Gasteiger partial charge in [0.05, 0.1) is 11.9 Å². The van der Waals surface area contributed by atoms with Crippen molar-refractivity contribution in [1.29, 1.82) is 0 Å². The highest BCUT2D eigenvalue weighted by atomic mass is 35.5. The number of rotatable bonds is 3. The van der Waals surface area contributed by atoms with Crippen molar-refractivity contribution in [2.24, 2.45) is 0 Å². The first kappa shape index (κ1) is 14.5. The van der Waals surface area contributed by atoms with E-state index in [2.05, 4.69) is 15.4 Å². The molecule has 6 heteroatoms. The van der Waals surface area contributed by atoms with Gasteiger partial charge in [0, 0.05) is 5.56 Å². The first-order valence-electron chi connectivity index (χ1n) is 7.78. The minimum absolute atomic E-state index is 0.279. The van der Waals surface area contributed by atoms with Crippen LogP contribution >= 0.6 is 11.6 Å². The molecule has 1 N–H and O–H groups in total. The average Bonchev–Trinajstić information content (AvgIpc) is 2.99. The predicted molar refractivity (Wildman–Crippen MR) is 90.0 cm³/mol. The van der Waals surface area contributed by atoms with Crippen molar-refractivity contribution in [3.8, 4) is 17.0 Å². The monoisotopic (exact) mass is 328 g/mol. The van der Waals surface area contributed by atoms with Crippen LogP contribution in [0.25, 0.3) is 16.9 Å². The van der Waals surface area contributed by atoms with E-state index in [-0.39, 0.29) is 6.10 Å². The Hall–Kier alpha value is -2.11. The van der Waals surface area contributed by atoms with E-state index < -0.39 is 0 Å². The van der Waals surface area contributed by atoms with Crippen LogP contribution in [0.1, 0.15) is 12.8 Å². The highest BCUT2D eigenvalue weighted by Crippen LogP contribution is 2.26. The van der Waals surface area contributed by atoms with Crippen LogP contribution in [0, 0.1) is 0 Å². The molecule has 3 heterocycles. The molecule has 0 radical (unpaired) electrons. The molecule has 2 aromatic heterocycles. The lowest BCUT2D eigenvalue weighted by atomic mass is 10.1. The molecule has 3 aromatic rings. The molecule has 0 unspecified atom stereocenters. The second-order valence-electron chi connectivity index (χ2n) is 5.66. The van der Waals surface area contributed by atoms with Gasteiger partial charge in [-0.2, -0.15) is 5.10 Å². The standard InChI is InChI=1S/C17H17ClN4O/c18-16-4-5-17-20-11-15(22(17)21-16)12-2-1-3-14(10-12)23-13-6-8-19-9-7-13/h1-5,10-11,13,19H,6-9H2. The molecule has 5 nitrogen and oxygen atoms in total. The van der Waals surface area contributed by atoms with E-state index in [1.165, 1.54) is 0 Å². The van der Waals surface area contributed by atoms with Crippen molar-refractivity contribution < 1.29 is 4.74 Å². The molecule has 1 aliphatic rings. The van der Waals surface area contributed by atoms with Gasteiger partial charge in [-0.25, -0.2) is 9.50 Å². The van der Waals surface area contributed by atoms with E-state index in [4.69, 9.17) is 16.3 Å². The first-order chi connectivity index (χ1) is 11.3. The predicted octanol–water partition coefficient (Wildman–Crippen LogP) is 3.18. The molecule has 0 saturated carbocycles. The average molecular weight is 329 g/mol. The number of fused-ring (bicyclic) bond motifs is 1. The fourth-order valence-electron chi connectivity index (χ4n) is 2.88. The van der Waals surface area contributed by atoms with E-state index in [0.717, 1.165) is 48.6 Å². The van der Waals surface area contributed by atoms with E-state index in [0.29, 0.717) is 5.15 Å². The Bertz CT molecular complexity index is 826. The molecule has 0 atom stereocenters. The molecule has 0 aliphatic carbocycles. The van der Waals surface area contributed by atoms with Crippen molar-refractivity contribution >= 4 is 17.2 Å². The number of ether oxygens (including phenoxy) is 1. The SMILES string of the molecule is Clc1ccc2ncc(-c3cccc(OC4CCNCC4)c3)n2n1. The zero-order valence-electron chi connectivity index (χ0n) is 12.6. The molecule has 0 spiro atoms. The summed E-state index contributed by atoms with van der Waals surface area (Å²) in [6.07, 6.45) is 4.16. The number of nitrogens with zero attached hydrogens (tertiary/aromatic N) is 3. The van der Waals surface area contributed by atoms with Crippen molar-refractivity contribution in [3.63, 3.8) is 0 Å². The molecule has 118 valence electrons. The number of imidazole rings is 1. The van der Waals surface area contributed by atoms with Gasteiger partial charge < -0.3 is 10.1 Å². The molecular weight excluding hydrogens is 312 g/mol. The third-order valence-corrected chi connectivity index (χ3v) is 4.25. The van der Waals surface area contributed by atoms with Crippen molar-refractivity contribution in [1.82, 2.24) is 19.9 Å². The number of hydrogen-bond donors (Lipinski definition) is 1. The lowest BCUT2D eigenvalue weighted by Gasteiger charge is -2.24.